The number of hydrogen-bond donors (Lipinski definition) is 0. The molecule has 0 atom stereocenters. The Morgan fingerprint density at radius 1 is 1.20 bits per heavy atom. The van der Waals surface area contributed by atoms with Crippen molar-refractivity contribution in [1.82, 2.24) is 0 Å². The molecule has 0 fully saturated rings. The minimum absolute atomic E-state index is 0.0658. The highest BCUT2D eigenvalue weighted by atomic mass is 16.1. The van der Waals surface area contributed by atoms with Crippen LogP contribution in [0.3, 0.4) is 0 Å². The molecule has 0 heterocycles. The Hall–Kier alpha value is -1.89. The van der Waals surface area contributed by atoms with Crippen molar-refractivity contribution in [3.63, 3.8) is 0 Å². The van der Waals surface area contributed by atoms with Gasteiger partial charge in [0.05, 0.1) is 0 Å². The molecule has 0 unspecified atom stereocenters. The standard InChI is InChI=1S/C14H14O/c1-3-8-13(4-2)14(15)11-12-9-6-5-7-10-12/h3-10H,1-2,11H2/b13-8+. The van der Waals surface area contributed by atoms with Crippen molar-refractivity contribution in [3.05, 3.63) is 72.9 Å². The number of carbonyl (C=O) groups excluding carboxylic acids is 1. The first-order valence-corrected chi connectivity index (χ1v) is 4.80. The third-order valence-electron chi connectivity index (χ3n) is 2.05. The smallest absolute Gasteiger partial charge is 0.167 e. The lowest BCUT2D eigenvalue weighted by Gasteiger charge is -2.00. The first-order chi connectivity index (χ1) is 7.27. The Labute approximate surface area is 90.4 Å². The quantitative estimate of drug-likeness (QED) is 0.525. The zero-order chi connectivity index (χ0) is 11.1. The third-order valence-corrected chi connectivity index (χ3v) is 2.05. The summed E-state index contributed by atoms with van der Waals surface area (Å²) in [5.74, 6) is 0.0658. The van der Waals surface area contributed by atoms with Crippen molar-refractivity contribution in [2.75, 3.05) is 0 Å². The van der Waals surface area contributed by atoms with E-state index in [1.165, 1.54) is 0 Å². The molecule has 76 valence electrons. The molecule has 0 N–H and O–H groups in total. The minimum Gasteiger partial charge on any atom is -0.294 e. The van der Waals surface area contributed by atoms with Crippen molar-refractivity contribution < 1.29 is 4.79 Å². The van der Waals surface area contributed by atoms with Crippen molar-refractivity contribution in [2.45, 2.75) is 6.42 Å². The molecule has 0 radical (unpaired) electrons. The van der Waals surface area contributed by atoms with Crippen LogP contribution < -0.4 is 0 Å². The monoisotopic (exact) mass is 198 g/mol. The van der Waals surface area contributed by atoms with Gasteiger partial charge in [-0.3, -0.25) is 4.79 Å². The van der Waals surface area contributed by atoms with Gasteiger partial charge >= 0.3 is 0 Å². The fourth-order valence-electron chi connectivity index (χ4n) is 1.29. The summed E-state index contributed by atoms with van der Waals surface area (Å²) in [5, 5.41) is 0. The van der Waals surface area contributed by atoms with Crippen LogP contribution in [0.15, 0.2) is 67.3 Å². The Morgan fingerprint density at radius 2 is 1.87 bits per heavy atom. The highest BCUT2D eigenvalue weighted by Gasteiger charge is 2.05. The van der Waals surface area contributed by atoms with E-state index in [4.69, 9.17) is 0 Å². The highest BCUT2D eigenvalue weighted by Crippen LogP contribution is 2.06. The van der Waals surface area contributed by atoms with Crippen molar-refractivity contribution >= 4 is 5.78 Å². The number of carbonyl (C=O) groups is 1. The summed E-state index contributed by atoms with van der Waals surface area (Å²) in [6.07, 6.45) is 5.25. The first kappa shape index (κ1) is 11.2. The molecule has 15 heavy (non-hydrogen) atoms. The molecular weight excluding hydrogens is 184 g/mol. The molecular formula is C14H14O. The second-order valence-corrected chi connectivity index (χ2v) is 3.15. The first-order valence-electron chi connectivity index (χ1n) is 4.80. The molecule has 0 aromatic heterocycles. The van der Waals surface area contributed by atoms with E-state index in [0.717, 1.165) is 5.56 Å². The molecule has 1 aromatic carbocycles. The third kappa shape index (κ3) is 3.39. The summed E-state index contributed by atoms with van der Waals surface area (Å²) in [6, 6.07) is 9.65. The molecule has 1 heteroatoms. The largest absolute Gasteiger partial charge is 0.294 e. The molecule has 0 amide bonds. The number of ketones is 1. The van der Waals surface area contributed by atoms with Gasteiger partial charge in [0, 0.05) is 12.0 Å². The van der Waals surface area contributed by atoms with Gasteiger partial charge in [0.1, 0.15) is 0 Å². The van der Waals surface area contributed by atoms with Crippen molar-refractivity contribution in [3.8, 4) is 0 Å². The van der Waals surface area contributed by atoms with Crippen LogP contribution in [0.4, 0.5) is 0 Å². The van der Waals surface area contributed by atoms with Gasteiger partial charge in [-0.15, -0.1) is 0 Å². The Bertz CT molecular complexity index is 385. The van der Waals surface area contributed by atoms with E-state index in [-0.39, 0.29) is 5.78 Å². The summed E-state index contributed by atoms with van der Waals surface area (Å²) in [4.78, 5) is 11.7. The average Bonchev–Trinajstić information content (AvgIpc) is 2.27. The predicted molar refractivity (Wildman–Crippen MR) is 63.6 cm³/mol. The van der Waals surface area contributed by atoms with Gasteiger partial charge in [-0.25, -0.2) is 0 Å². The van der Waals surface area contributed by atoms with Gasteiger partial charge in [-0.1, -0.05) is 61.7 Å². The lowest BCUT2D eigenvalue weighted by molar-refractivity contribution is -0.114. The number of rotatable bonds is 5. The normalized spacial score (nSPS) is 10.8. The predicted octanol–water partition coefficient (Wildman–Crippen LogP) is 3.10. The van der Waals surface area contributed by atoms with E-state index in [1.807, 2.05) is 30.3 Å². The van der Waals surface area contributed by atoms with Crippen LogP contribution in [0.2, 0.25) is 0 Å². The van der Waals surface area contributed by atoms with E-state index in [2.05, 4.69) is 13.2 Å². The fourth-order valence-corrected chi connectivity index (χ4v) is 1.29. The van der Waals surface area contributed by atoms with Crippen molar-refractivity contribution in [1.29, 1.82) is 0 Å². The minimum atomic E-state index is 0.0658. The van der Waals surface area contributed by atoms with Crippen LogP contribution in [0.5, 0.6) is 0 Å². The number of hydrogen-bond acceptors (Lipinski definition) is 1. The molecule has 1 nitrogen and oxygen atoms in total. The van der Waals surface area contributed by atoms with Gasteiger partial charge in [-0.2, -0.15) is 0 Å². The summed E-state index contributed by atoms with van der Waals surface area (Å²) in [5.41, 5.74) is 1.62. The molecule has 0 aliphatic carbocycles. The Morgan fingerprint density at radius 3 is 2.40 bits per heavy atom. The SMILES string of the molecule is C=C/C=C(\C=C)C(=O)Cc1ccccc1. The molecule has 1 aromatic rings. The second kappa shape index (κ2) is 5.76. The van der Waals surface area contributed by atoms with E-state index < -0.39 is 0 Å². The second-order valence-electron chi connectivity index (χ2n) is 3.15. The zero-order valence-corrected chi connectivity index (χ0v) is 8.65. The van der Waals surface area contributed by atoms with Gasteiger partial charge in [0.15, 0.2) is 5.78 Å². The van der Waals surface area contributed by atoms with Crippen LogP contribution in [0.25, 0.3) is 0 Å². The van der Waals surface area contributed by atoms with Crippen LogP contribution in [0.1, 0.15) is 5.56 Å². The van der Waals surface area contributed by atoms with E-state index in [1.54, 1.807) is 18.2 Å². The maximum absolute atomic E-state index is 11.7. The lowest BCUT2D eigenvalue weighted by Crippen LogP contribution is -2.04. The molecule has 0 bridgehead atoms. The number of Topliss-reactive ketones (excluding diaryl/α,β-unsaturated/α-hetero) is 1. The van der Waals surface area contributed by atoms with Crippen LogP contribution in [-0.2, 0) is 11.2 Å². The van der Waals surface area contributed by atoms with Gasteiger partial charge in [0.2, 0.25) is 0 Å². The lowest BCUT2D eigenvalue weighted by atomic mass is 10.0. The molecule has 0 aliphatic heterocycles. The topological polar surface area (TPSA) is 17.1 Å². The summed E-state index contributed by atoms with van der Waals surface area (Å²) < 4.78 is 0. The fraction of sp³-hybridized carbons (Fsp3) is 0.0714. The molecule has 1 rings (SSSR count). The summed E-state index contributed by atoms with van der Waals surface area (Å²) in [6.45, 7) is 7.17. The Kier molecular flexibility index (Phi) is 4.30. The van der Waals surface area contributed by atoms with E-state index >= 15 is 0 Å². The van der Waals surface area contributed by atoms with Gasteiger partial charge in [0.25, 0.3) is 0 Å². The highest BCUT2D eigenvalue weighted by molar-refractivity contribution is 5.99. The van der Waals surface area contributed by atoms with Crippen LogP contribution >= 0.6 is 0 Å². The number of benzene rings is 1. The van der Waals surface area contributed by atoms with E-state index in [9.17, 15) is 4.79 Å². The van der Waals surface area contributed by atoms with Crippen LogP contribution in [-0.4, -0.2) is 5.78 Å². The van der Waals surface area contributed by atoms with Gasteiger partial charge < -0.3 is 0 Å². The average molecular weight is 198 g/mol. The van der Waals surface area contributed by atoms with Crippen molar-refractivity contribution in [2.24, 2.45) is 0 Å². The number of allylic oxidation sites excluding steroid dienone is 4. The molecule has 0 aliphatic rings. The summed E-state index contributed by atoms with van der Waals surface area (Å²) in [7, 11) is 0. The molecule has 0 spiro atoms. The maximum Gasteiger partial charge on any atom is 0.167 e. The van der Waals surface area contributed by atoms with Gasteiger partial charge in [-0.05, 0) is 5.56 Å². The van der Waals surface area contributed by atoms with Crippen LogP contribution in [0, 0.1) is 0 Å². The molecule has 0 saturated carbocycles. The van der Waals surface area contributed by atoms with E-state index in [0.29, 0.717) is 12.0 Å². The zero-order valence-electron chi connectivity index (χ0n) is 8.65. The maximum atomic E-state index is 11.7. The summed E-state index contributed by atoms with van der Waals surface area (Å²) >= 11 is 0. The Balaban J connectivity index is 2.75. The molecule has 0 saturated heterocycles.